The van der Waals surface area contributed by atoms with E-state index in [0.717, 1.165) is 10.9 Å². The fourth-order valence-corrected chi connectivity index (χ4v) is 4.65. The van der Waals surface area contributed by atoms with Crippen LogP contribution in [0.15, 0.2) is 42.6 Å². The first-order valence-electron chi connectivity index (χ1n) is 16.7. The van der Waals surface area contributed by atoms with Gasteiger partial charge in [0, 0.05) is 5.39 Å². The number of hydrogen-bond acceptors (Lipinski definition) is 12. The number of pyridine rings is 1. The molecule has 3 aromatic rings. The van der Waals surface area contributed by atoms with E-state index >= 15 is 0 Å². The minimum Gasteiger partial charge on any atom is -0.462 e. The normalized spacial score (nSPS) is 21.7. The zero-order valence-corrected chi connectivity index (χ0v) is 31.1. The highest BCUT2D eigenvalue weighted by Crippen LogP contribution is 2.38. The molecule has 1 saturated heterocycles. The van der Waals surface area contributed by atoms with E-state index in [-0.39, 0.29) is 6.61 Å². The Kier molecular flexibility index (Phi) is 10.8. The highest BCUT2D eigenvalue weighted by atomic mass is 16.7. The number of para-hydroxylation sites is 1. The van der Waals surface area contributed by atoms with E-state index in [9.17, 15) is 19.2 Å². The van der Waals surface area contributed by atoms with Gasteiger partial charge in [-0.3, -0.25) is 19.2 Å². The van der Waals surface area contributed by atoms with Gasteiger partial charge in [-0.25, -0.2) is 9.67 Å². The first kappa shape index (κ1) is 38.4. The van der Waals surface area contributed by atoms with Crippen molar-refractivity contribution in [2.45, 2.75) is 114 Å². The van der Waals surface area contributed by atoms with Crippen molar-refractivity contribution in [2.24, 2.45) is 21.7 Å². The lowest BCUT2D eigenvalue weighted by Gasteiger charge is -2.45. The third kappa shape index (κ3) is 9.04. The lowest BCUT2D eigenvalue weighted by molar-refractivity contribution is -0.277. The summed E-state index contributed by atoms with van der Waals surface area (Å²) in [5.41, 5.74) is -2.15. The van der Waals surface area contributed by atoms with Crippen molar-refractivity contribution in [1.29, 1.82) is 0 Å². The molecular formula is C37H50N4O9. The Morgan fingerprint density at radius 3 is 1.74 bits per heavy atom. The van der Waals surface area contributed by atoms with Crippen molar-refractivity contribution in [2.75, 3.05) is 6.61 Å². The molecular weight excluding hydrogens is 644 g/mol. The molecule has 1 aliphatic rings. The molecule has 0 bridgehead atoms. The van der Waals surface area contributed by atoms with E-state index in [0.29, 0.717) is 11.4 Å². The van der Waals surface area contributed by atoms with Gasteiger partial charge >= 0.3 is 23.9 Å². The first-order valence-corrected chi connectivity index (χ1v) is 16.7. The smallest absolute Gasteiger partial charge is 0.311 e. The molecule has 13 nitrogen and oxygen atoms in total. The maximum Gasteiger partial charge on any atom is 0.311 e. The van der Waals surface area contributed by atoms with E-state index in [1.54, 1.807) is 95.3 Å². The number of fused-ring (bicyclic) bond motifs is 1. The second-order valence-corrected chi connectivity index (χ2v) is 16.7. The van der Waals surface area contributed by atoms with Crippen molar-refractivity contribution in [1.82, 2.24) is 20.0 Å². The monoisotopic (exact) mass is 694 g/mol. The molecule has 3 heterocycles. The average molecular weight is 695 g/mol. The van der Waals surface area contributed by atoms with Crippen molar-refractivity contribution in [3.8, 4) is 11.4 Å². The van der Waals surface area contributed by atoms with Gasteiger partial charge in [0.05, 0.1) is 39.1 Å². The van der Waals surface area contributed by atoms with Gasteiger partial charge in [-0.05, 0) is 95.2 Å². The topological polar surface area (TPSA) is 158 Å². The second-order valence-electron chi connectivity index (χ2n) is 16.7. The number of esters is 4. The van der Waals surface area contributed by atoms with Crippen LogP contribution in [0.3, 0.4) is 0 Å². The molecule has 0 aliphatic carbocycles. The van der Waals surface area contributed by atoms with Crippen LogP contribution in [-0.4, -0.2) is 74.9 Å². The number of nitrogens with zero attached hydrogens (tertiary/aromatic N) is 4. The highest BCUT2D eigenvalue weighted by Gasteiger charge is 2.55. The van der Waals surface area contributed by atoms with Crippen molar-refractivity contribution in [3.05, 3.63) is 42.6 Å². The SMILES string of the molecule is CC(C)(C)C(=O)OC[C@H]1O[C@@H](n2cc(-c3ccc4ccccc4n3)nn2)[C@H](OC(=O)C(C)(C)C)[C@@H](OC(=O)C(C)(C)C)[C@@H]1OC(=O)C(C)(C)C. The first-order chi connectivity index (χ1) is 23.0. The van der Waals surface area contributed by atoms with Crippen LogP contribution in [0.25, 0.3) is 22.3 Å². The summed E-state index contributed by atoms with van der Waals surface area (Å²) in [6.45, 7) is 19.7. The predicted octanol–water partition coefficient (Wildman–Crippen LogP) is 5.85. The van der Waals surface area contributed by atoms with Gasteiger partial charge in [0.2, 0.25) is 0 Å². The van der Waals surface area contributed by atoms with E-state index in [2.05, 4.69) is 10.3 Å². The Labute approximate surface area is 293 Å². The summed E-state index contributed by atoms with van der Waals surface area (Å²) in [5.74, 6) is -2.46. The molecule has 1 aromatic carbocycles. The average Bonchev–Trinajstić information content (AvgIpc) is 3.49. The van der Waals surface area contributed by atoms with Crippen molar-refractivity contribution < 1.29 is 42.9 Å². The molecule has 272 valence electrons. The summed E-state index contributed by atoms with van der Waals surface area (Å²) in [7, 11) is 0. The molecule has 1 fully saturated rings. The third-order valence-corrected chi connectivity index (χ3v) is 7.80. The molecule has 4 rings (SSSR count). The van der Waals surface area contributed by atoms with Crippen LogP contribution in [0.2, 0.25) is 0 Å². The summed E-state index contributed by atoms with van der Waals surface area (Å²) in [5, 5.41) is 9.61. The second kappa shape index (κ2) is 14.1. The standard InChI is InChI=1S/C37H50N4O9/c1-34(2,3)30(42)46-20-25-26(48-31(43)35(4,5)6)27(49-32(44)36(7,8)9)28(50-33(45)37(10,11)12)29(47-25)41-19-24(39-40-41)23-18-17-21-15-13-14-16-22(21)38-23/h13-19,25-29H,20H2,1-12H3/t25-,26-,27+,28-,29-/m1/s1. The lowest BCUT2D eigenvalue weighted by atomic mass is 9.92. The van der Waals surface area contributed by atoms with Crippen LogP contribution in [-0.2, 0) is 42.9 Å². The molecule has 50 heavy (non-hydrogen) atoms. The Bertz CT molecular complexity index is 1720. The van der Waals surface area contributed by atoms with Gasteiger partial charge in [-0.2, -0.15) is 0 Å². The van der Waals surface area contributed by atoms with Gasteiger partial charge in [0.1, 0.15) is 18.4 Å². The van der Waals surface area contributed by atoms with E-state index in [1.165, 1.54) is 4.68 Å². The molecule has 13 heteroatoms. The Balaban J connectivity index is 1.87. The Hall–Kier alpha value is -4.39. The van der Waals surface area contributed by atoms with Gasteiger partial charge < -0.3 is 23.7 Å². The van der Waals surface area contributed by atoms with Crippen LogP contribution in [0.1, 0.15) is 89.3 Å². The molecule has 0 saturated carbocycles. The maximum absolute atomic E-state index is 13.6. The molecule has 1 aliphatic heterocycles. The van der Waals surface area contributed by atoms with E-state index in [1.807, 2.05) is 30.3 Å². The molecule has 5 atom stereocenters. The Morgan fingerprint density at radius 2 is 1.18 bits per heavy atom. The number of hydrogen-bond donors (Lipinski definition) is 0. The van der Waals surface area contributed by atoms with Crippen LogP contribution in [0.5, 0.6) is 0 Å². The molecule has 2 aromatic heterocycles. The number of ether oxygens (including phenoxy) is 5. The zero-order chi connectivity index (χ0) is 37.4. The minimum atomic E-state index is -1.41. The highest BCUT2D eigenvalue weighted by molar-refractivity contribution is 5.81. The van der Waals surface area contributed by atoms with Gasteiger partial charge in [-0.15, -0.1) is 5.10 Å². The number of aromatic nitrogens is 4. The predicted molar refractivity (Wildman–Crippen MR) is 183 cm³/mol. The quantitative estimate of drug-likeness (QED) is 0.215. The summed E-state index contributed by atoms with van der Waals surface area (Å²) < 4.78 is 31.8. The summed E-state index contributed by atoms with van der Waals surface area (Å²) in [6, 6.07) is 11.4. The van der Waals surface area contributed by atoms with E-state index in [4.69, 9.17) is 28.7 Å². The number of benzene rings is 1. The number of carbonyl (C=O) groups is 4. The fourth-order valence-electron chi connectivity index (χ4n) is 4.65. The van der Waals surface area contributed by atoms with Crippen LogP contribution < -0.4 is 0 Å². The van der Waals surface area contributed by atoms with Crippen molar-refractivity contribution >= 4 is 34.8 Å². The van der Waals surface area contributed by atoms with Crippen LogP contribution in [0, 0.1) is 21.7 Å². The van der Waals surface area contributed by atoms with Crippen molar-refractivity contribution in [3.63, 3.8) is 0 Å². The fraction of sp³-hybridized carbons (Fsp3) is 0.595. The van der Waals surface area contributed by atoms with Gasteiger partial charge in [0.15, 0.2) is 24.5 Å². The minimum absolute atomic E-state index is 0.383. The van der Waals surface area contributed by atoms with E-state index < -0.39 is 76.2 Å². The van der Waals surface area contributed by atoms with Gasteiger partial charge in [0.25, 0.3) is 0 Å². The molecule has 0 amide bonds. The largest absolute Gasteiger partial charge is 0.462 e. The lowest BCUT2D eigenvalue weighted by Crippen LogP contribution is -2.62. The third-order valence-electron chi connectivity index (χ3n) is 7.80. The summed E-state index contributed by atoms with van der Waals surface area (Å²) in [4.78, 5) is 58.2. The summed E-state index contributed by atoms with van der Waals surface area (Å²) in [6.07, 6.45) is -5.06. The molecule has 0 unspecified atom stereocenters. The van der Waals surface area contributed by atoms with Gasteiger partial charge in [-0.1, -0.05) is 29.5 Å². The molecule has 0 spiro atoms. The van der Waals surface area contributed by atoms with Crippen LogP contribution in [0.4, 0.5) is 0 Å². The molecule has 0 radical (unpaired) electrons. The number of rotatable bonds is 7. The van der Waals surface area contributed by atoms with Crippen LogP contribution >= 0.6 is 0 Å². The Morgan fingerprint density at radius 1 is 0.660 bits per heavy atom. The zero-order valence-electron chi connectivity index (χ0n) is 31.1. The summed E-state index contributed by atoms with van der Waals surface area (Å²) >= 11 is 0. The number of carbonyl (C=O) groups excluding carboxylic acids is 4. The maximum atomic E-state index is 13.6. The molecule has 0 N–H and O–H groups in total.